The van der Waals surface area contributed by atoms with Crippen molar-refractivity contribution in [2.75, 3.05) is 20.3 Å². The SMILES string of the molecule is CCOC(=O)C1(c2cc(C)c(OCCCC(C)(C)C(=O)OC)cc2C)C(C)C1c1ccccc1. The molecule has 0 radical (unpaired) electrons. The van der Waals surface area contributed by atoms with Crippen LogP contribution in [0.4, 0.5) is 0 Å². The molecule has 1 aliphatic rings. The molecule has 0 heterocycles. The van der Waals surface area contributed by atoms with Gasteiger partial charge in [-0.25, -0.2) is 0 Å². The highest BCUT2D eigenvalue weighted by atomic mass is 16.5. The summed E-state index contributed by atoms with van der Waals surface area (Å²) in [6, 6.07) is 14.4. The summed E-state index contributed by atoms with van der Waals surface area (Å²) >= 11 is 0. The number of aryl methyl sites for hydroxylation is 2. The Hall–Kier alpha value is -2.82. The zero-order chi connectivity index (χ0) is 25.1. The van der Waals surface area contributed by atoms with E-state index in [1.807, 2.05) is 58.9 Å². The van der Waals surface area contributed by atoms with Crippen LogP contribution in [0.25, 0.3) is 0 Å². The molecule has 1 fully saturated rings. The van der Waals surface area contributed by atoms with Gasteiger partial charge in [0.15, 0.2) is 0 Å². The number of benzene rings is 2. The zero-order valence-electron chi connectivity index (χ0n) is 21.6. The van der Waals surface area contributed by atoms with Gasteiger partial charge >= 0.3 is 11.9 Å². The zero-order valence-corrected chi connectivity index (χ0v) is 21.6. The molecule has 5 heteroatoms. The molecule has 0 aromatic heterocycles. The van der Waals surface area contributed by atoms with Gasteiger partial charge in [0.25, 0.3) is 0 Å². The second kappa shape index (κ2) is 10.2. The van der Waals surface area contributed by atoms with Gasteiger partial charge in [-0.05, 0) is 81.7 Å². The fourth-order valence-corrected chi connectivity index (χ4v) is 5.32. The number of rotatable bonds is 10. The van der Waals surface area contributed by atoms with Crippen LogP contribution in [0.15, 0.2) is 42.5 Å². The molecule has 0 bridgehead atoms. The molecule has 0 amide bonds. The quantitative estimate of drug-likeness (QED) is 0.322. The molecule has 34 heavy (non-hydrogen) atoms. The van der Waals surface area contributed by atoms with Crippen molar-refractivity contribution < 1.29 is 23.8 Å². The van der Waals surface area contributed by atoms with Gasteiger partial charge in [-0.1, -0.05) is 43.3 Å². The molecule has 0 spiro atoms. The molecular formula is C29H38O5. The summed E-state index contributed by atoms with van der Waals surface area (Å²) in [5, 5.41) is 0. The lowest BCUT2D eigenvalue weighted by Gasteiger charge is -2.23. The number of hydrogen-bond donors (Lipinski definition) is 0. The molecule has 2 aromatic rings. The Morgan fingerprint density at radius 3 is 2.35 bits per heavy atom. The highest BCUT2D eigenvalue weighted by molar-refractivity contribution is 5.91. The second-order valence-electron chi connectivity index (χ2n) is 10.0. The maximum atomic E-state index is 13.4. The molecule has 0 N–H and O–H groups in total. The van der Waals surface area contributed by atoms with Crippen molar-refractivity contribution in [3.63, 3.8) is 0 Å². The van der Waals surface area contributed by atoms with E-state index < -0.39 is 10.8 Å². The molecule has 2 aromatic carbocycles. The predicted octanol–water partition coefficient (Wildman–Crippen LogP) is 5.90. The third kappa shape index (κ3) is 4.70. The fraction of sp³-hybridized carbons (Fsp3) is 0.517. The standard InChI is InChI=1S/C29H38O5/c1-8-33-27(31)29(21(4)25(29)22-13-10-9-11-14-22)23-17-20(3)24(18-19(23)2)34-16-12-15-28(5,6)26(30)32-7/h9-11,13-14,17-18,21,25H,8,12,15-16H2,1-7H3. The van der Waals surface area contributed by atoms with Crippen molar-refractivity contribution in [3.05, 3.63) is 64.7 Å². The minimum atomic E-state index is -0.685. The van der Waals surface area contributed by atoms with Gasteiger partial charge in [-0.15, -0.1) is 0 Å². The number of esters is 2. The lowest BCUT2D eigenvalue weighted by molar-refractivity contribution is -0.151. The van der Waals surface area contributed by atoms with Crippen LogP contribution in [0.5, 0.6) is 5.75 Å². The highest BCUT2D eigenvalue weighted by Gasteiger charge is 2.69. The first-order valence-electron chi connectivity index (χ1n) is 12.2. The van der Waals surface area contributed by atoms with Gasteiger partial charge < -0.3 is 14.2 Å². The summed E-state index contributed by atoms with van der Waals surface area (Å²) in [5.74, 6) is 0.662. The molecule has 3 rings (SSSR count). The fourth-order valence-electron chi connectivity index (χ4n) is 5.32. The van der Waals surface area contributed by atoms with E-state index in [4.69, 9.17) is 14.2 Å². The Balaban J connectivity index is 1.83. The number of hydrogen-bond acceptors (Lipinski definition) is 5. The lowest BCUT2D eigenvalue weighted by Crippen LogP contribution is -2.28. The van der Waals surface area contributed by atoms with Crippen LogP contribution in [0.2, 0.25) is 0 Å². The van der Waals surface area contributed by atoms with Gasteiger partial charge in [-0.2, -0.15) is 0 Å². The number of ether oxygens (including phenoxy) is 3. The number of methoxy groups -OCH3 is 1. The van der Waals surface area contributed by atoms with Gasteiger partial charge in [0.1, 0.15) is 11.2 Å². The van der Waals surface area contributed by atoms with E-state index in [1.54, 1.807) is 0 Å². The summed E-state index contributed by atoms with van der Waals surface area (Å²) in [6.45, 7) is 12.7. The van der Waals surface area contributed by atoms with E-state index in [1.165, 1.54) is 7.11 Å². The Kier molecular flexibility index (Phi) is 7.74. The normalized spacial score (nSPS) is 21.6. The highest BCUT2D eigenvalue weighted by Crippen LogP contribution is 2.66. The van der Waals surface area contributed by atoms with Gasteiger partial charge in [0.05, 0.1) is 25.7 Å². The van der Waals surface area contributed by atoms with Crippen LogP contribution in [0.3, 0.4) is 0 Å². The number of carbonyl (C=O) groups excluding carboxylic acids is 2. The average molecular weight is 467 g/mol. The largest absolute Gasteiger partial charge is 0.493 e. The second-order valence-corrected chi connectivity index (χ2v) is 10.0. The minimum absolute atomic E-state index is 0.0816. The molecule has 0 aliphatic heterocycles. The van der Waals surface area contributed by atoms with E-state index in [2.05, 4.69) is 25.1 Å². The van der Waals surface area contributed by atoms with Crippen molar-refractivity contribution in [2.45, 2.75) is 65.7 Å². The first-order chi connectivity index (χ1) is 16.1. The summed E-state index contributed by atoms with van der Waals surface area (Å²) in [5.41, 5.74) is 2.97. The van der Waals surface area contributed by atoms with Gasteiger partial charge in [0.2, 0.25) is 0 Å². The third-order valence-corrected chi connectivity index (χ3v) is 7.28. The van der Waals surface area contributed by atoms with Crippen molar-refractivity contribution in [1.82, 2.24) is 0 Å². The molecule has 5 nitrogen and oxygen atoms in total. The van der Waals surface area contributed by atoms with Crippen LogP contribution < -0.4 is 4.74 Å². The maximum Gasteiger partial charge on any atom is 0.317 e. The predicted molar refractivity (Wildman–Crippen MR) is 133 cm³/mol. The van der Waals surface area contributed by atoms with E-state index in [0.29, 0.717) is 19.6 Å². The molecular weight excluding hydrogens is 428 g/mol. The first kappa shape index (κ1) is 25.8. The maximum absolute atomic E-state index is 13.4. The van der Waals surface area contributed by atoms with Gasteiger partial charge in [-0.3, -0.25) is 9.59 Å². The third-order valence-electron chi connectivity index (χ3n) is 7.28. The summed E-state index contributed by atoms with van der Waals surface area (Å²) in [7, 11) is 1.42. The lowest BCUT2D eigenvalue weighted by atomic mass is 9.85. The topological polar surface area (TPSA) is 61.8 Å². The molecule has 0 saturated heterocycles. The Labute approximate surface area is 203 Å². The monoisotopic (exact) mass is 466 g/mol. The van der Waals surface area contributed by atoms with Crippen LogP contribution in [0, 0.1) is 25.2 Å². The van der Waals surface area contributed by atoms with Crippen molar-refractivity contribution in [2.24, 2.45) is 11.3 Å². The summed E-state index contributed by atoms with van der Waals surface area (Å²) in [4.78, 5) is 25.3. The van der Waals surface area contributed by atoms with E-state index in [0.717, 1.165) is 34.4 Å². The van der Waals surface area contributed by atoms with Crippen LogP contribution in [0.1, 0.15) is 68.7 Å². The molecule has 3 unspecified atom stereocenters. The Morgan fingerprint density at radius 1 is 1.06 bits per heavy atom. The van der Waals surface area contributed by atoms with E-state index >= 15 is 0 Å². The number of carbonyl (C=O) groups is 2. The van der Waals surface area contributed by atoms with Crippen LogP contribution >= 0.6 is 0 Å². The van der Waals surface area contributed by atoms with Crippen molar-refractivity contribution in [3.8, 4) is 5.75 Å². The van der Waals surface area contributed by atoms with Crippen LogP contribution in [-0.2, 0) is 24.5 Å². The average Bonchev–Trinajstić information content (AvgIpc) is 3.44. The molecule has 1 saturated carbocycles. The molecule has 3 atom stereocenters. The first-order valence-corrected chi connectivity index (χ1v) is 12.2. The summed E-state index contributed by atoms with van der Waals surface area (Å²) in [6.07, 6.45) is 1.42. The van der Waals surface area contributed by atoms with Crippen molar-refractivity contribution in [1.29, 1.82) is 0 Å². The van der Waals surface area contributed by atoms with E-state index in [9.17, 15) is 9.59 Å². The Bertz CT molecular complexity index is 1030. The molecule has 184 valence electrons. The van der Waals surface area contributed by atoms with E-state index in [-0.39, 0.29) is 23.8 Å². The van der Waals surface area contributed by atoms with Crippen LogP contribution in [-0.4, -0.2) is 32.3 Å². The summed E-state index contributed by atoms with van der Waals surface area (Å²) < 4.78 is 16.6. The molecule has 1 aliphatic carbocycles. The smallest absolute Gasteiger partial charge is 0.317 e. The van der Waals surface area contributed by atoms with Gasteiger partial charge in [0, 0.05) is 5.92 Å². The Morgan fingerprint density at radius 2 is 1.74 bits per heavy atom. The van der Waals surface area contributed by atoms with Crippen molar-refractivity contribution >= 4 is 11.9 Å². The minimum Gasteiger partial charge on any atom is -0.493 e.